The van der Waals surface area contributed by atoms with E-state index < -0.39 is 16.0 Å². The molecular formula is C8H5Br2N3O4S2. The summed E-state index contributed by atoms with van der Waals surface area (Å²) in [6, 6.07) is 2.52. The van der Waals surface area contributed by atoms with Crippen LogP contribution in [0.2, 0.25) is 0 Å². The highest BCUT2D eigenvalue weighted by Gasteiger charge is 2.22. The Hall–Kier alpha value is -0.910. The number of aromatic nitrogens is 2. The van der Waals surface area contributed by atoms with E-state index in [4.69, 9.17) is 5.11 Å². The van der Waals surface area contributed by atoms with Gasteiger partial charge in [0.15, 0.2) is 5.82 Å². The fourth-order valence-corrected chi connectivity index (χ4v) is 5.99. The molecular weight excluding hydrogens is 426 g/mol. The minimum atomic E-state index is -3.83. The van der Waals surface area contributed by atoms with Gasteiger partial charge in [-0.05, 0) is 37.9 Å². The maximum Gasteiger partial charge on any atom is 0.353 e. The highest BCUT2D eigenvalue weighted by Crippen LogP contribution is 2.35. The second-order valence-corrected chi connectivity index (χ2v) is 8.67. The van der Waals surface area contributed by atoms with Crippen molar-refractivity contribution in [1.29, 1.82) is 0 Å². The number of thiophene rings is 1. The molecule has 11 heteroatoms. The van der Waals surface area contributed by atoms with Gasteiger partial charge in [-0.1, -0.05) is 0 Å². The fraction of sp³-hybridized carbons (Fsp3) is 0. The number of nitrogens with one attached hydrogen (secondary N) is 2. The lowest BCUT2D eigenvalue weighted by Gasteiger charge is -2.03. The fourth-order valence-electron chi connectivity index (χ4n) is 1.18. The number of H-pyrrole nitrogens is 1. The number of nitrogens with zero attached hydrogens (tertiary/aromatic N) is 1. The van der Waals surface area contributed by atoms with Crippen LogP contribution >= 0.6 is 43.2 Å². The van der Waals surface area contributed by atoms with Crippen LogP contribution in [0, 0.1) is 0 Å². The van der Waals surface area contributed by atoms with Gasteiger partial charge in [-0.3, -0.25) is 9.82 Å². The molecule has 2 rings (SSSR count). The lowest BCUT2D eigenvalue weighted by atomic mass is 10.4. The summed E-state index contributed by atoms with van der Waals surface area (Å²) in [5.41, 5.74) is -0.205. The molecule has 0 aliphatic carbocycles. The van der Waals surface area contributed by atoms with Crippen LogP contribution in [0.5, 0.6) is 0 Å². The van der Waals surface area contributed by atoms with E-state index in [0.29, 0.717) is 7.57 Å². The molecule has 102 valence electrons. The quantitative estimate of drug-likeness (QED) is 0.689. The molecule has 0 fully saturated rings. The first-order valence-corrected chi connectivity index (χ1v) is 8.44. The molecule has 0 aliphatic heterocycles. The van der Waals surface area contributed by atoms with Gasteiger partial charge >= 0.3 is 5.97 Å². The number of halogens is 2. The Morgan fingerprint density at radius 2 is 2.11 bits per heavy atom. The molecule has 19 heavy (non-hydrogen) atoms. The van der Waals surface area contributed by atoms with E-state index in [1.54, 1.807) is 0 Å². The van der Waals surface area contributed by atoms with Crippen molar-refractivity contribution in [3.05, 3.63) is 25.4 Å². The molecule has 0 saturated heterocycles. The molecule has 0 spiro atoms. The van der Waals surface area contributed by atoms with Gasteiger partial charge in [-0.2, -0.15) is 5.10 Å². The zero-order chi connectivity index (χ0) is 14.2. The summed E-state index contributed by atoms with van der Waals surface area (Å²) >= 11 is 7.53. The van der Waals surface area contributed by atoms with Crippen LogP contribution in [0.25, 0.3) is 0 Å². The van der Waals surface area contributed by atoms with Gasteiger partial charge in [0.25, 0.3) is 10.0 Å². The molecule has 0 saturated carbocycles. The topological polar surface area (TPSA) is 112 Å². The average Bonchev–Trinajstić information content (AvgIpc) is 2.85. The number of hydrogen-bond donors (Lipinski definition) is 3. The van der Waals surface area contributed by atoms with Crippen LogP contribution in [-0.4, -0.2) is 29.7 Å². The number of rotatable bonds is 4. The minimum Gasteiger partial charge on any atom is -0.477 e. The van der Waals surface area contributed by atoms with Crippen molar-refractivity contribution >= 4 is 65.0 Å². The lowest BCUT2D eigenvalue weighted by Crippen LogP contribution is -2.12. The standard InChI is InChI=1S/C8H5Br2N3O4S2/c9-5-2-4(7(10)18-5)19(16,17)13-6-1-3(8(14)15)11-12-6/h1-2H,(H,14,15)(H2,11,12,13). The second kappa shape index (κ2) is 5.23. The Bertz CT molecular complexity index is 737. The number of hydrogen-bond acceptors (Lipinski definition) is 5. The zero-order valence-electron chi connectivity index (χ0n) is 8.85. The van der Waals surface area contributed by atoms with E-state index in [2.05, 4.69) is 46.8 Å². The van der Waals surface area contributed by atoms with Crippen molar-refractivity contribution < 1.29 is 18.3 Å². The SMILES string of the molecule is O=C(O)c1cc(NS(=O)(=O)c2cc(Br)sc2Br)n[nH]1. The molecule has 0 aliphatic rings. The first-order valence-electron chi connectivity index (χ1n) is 4.56. The van der Waals surface area contributed by atoms with Crippen molar-refractivity contribution in [2.24, 2.45) is 0 Å². The van der Waals surface area contributed by atoms with Gasteiger partial charge in [0.1, 0.15) is 10.6 Å². The Kier molecular flexibility index (Phi) is 3.99. The molecule has 0 unspecified atom stereocenters. The van der Waals surface area contributed by atoms with Crippen molar-refractivity contribution in [3.63, 3.8) is 0 Å². The largest absolute Gasteiger partial charge is 0.477 e. The number of aromatic amines is 1. The first-order chi connectivity index (χ1) is 8.79. The van der Waals surface area contributed by atoms with E-state index in [9.17, 15) is 13.2 Å². The third-order valence-electron chi connectivity index (χ3n) is 1.96. The lowest BCUT2D eigenvalue weighted by molar-refractivity contribution is 0.0690. The molecule has 2 aromatic rings. The number of carboxylic acids is 1. The number of anilines is 1. The summed E-state index contributed by atoms with van der Waals surface area (Å²) in [4.78, 5) is 10.7. The third-order valence-corrected chi connectivity index (χ3v) is 6.07. The van der Waals surface area contributed by atoms with Crippen LogP contribution in [0.4, 0.5) is 5.82 Å². The molecule has 0 aromatic carbocycles. The molecule has 0 radical (unpaired) electrons. The molecule has 0 bridgehead atoms. The van der Waals surface area contributed by atoms with Gasteiger partial charge in [-0.25, -0.2) is 13.2 Å². The van der Waals surface area contributed by atoms with E-state index in [0.717, 1.165) is 6.07 Å². The Morgan fingerprint density at radius 3 is 2.58 bits per heavy atom. The van der Waals surface area contributed by atoms with Crippen LogP contribution in [0.3, 0.4) is 0 Å². The van der Waals surface area contributed by atoms with Gasteiger partial charge in [-0.15, -0.1) is 11.3 Å². The van der Waals surface area contributed by atoms with Crippen LogP contribution in [0.1, 0.15) is 10.5 Å². The summed E-state index contributed by atoms with van der Waals surface area (Å²) in [5, 5.41) is 14.5. The maximum absolute atomic E-state index is 12.1. The highest BCUT2D eigenvalue weighted by atomic mass is 79.9. The van der Waals surface area contributed by atoms with Gasteiger partial charge in [0.05, 0.1) is 7.57 Å². The number of carboxylic acid groups (broad SMARTS) is 1. The van der Waals surface area contributed by atoms with Gasteiger partial charge in [0, 0.05) is 6.07 Å². The van der Waals surface area contributed by atoms with Crippen molar-refractivity contribution in [3.8, 4) is 0 Å². The second-order valence-electron chi connectivity index (χ2n) is 3.27. The monoisotopic (exact) mass is 429 g/mol. The van der Waals surface area contributed by atoms with Crippen molar-refractivity contribution in [2.75, 3.05) is 4.72 Å². The predicted octanol–water partition coefficient (Wildman–Crippen LogP) is 2.50. The maximum atomic E-state index is 12.1. The van der Waals surface area contributed by atoms with Crippen molar-refractivity contribution in [2.45, 2.75) is 4.90 Å². The van der Waals surface area contributed by atoms with E-state index >= 15 is 0 Å². The Balaban J connectivity index is 2.31. The minimum absolute atomic E-state index is 0.0456. The van der Waals surface area contributed by atoms with Gasteiger partial charge in [0.2, 0.25) is 0 Å². The summed E-state index contributed by atoms with van der Waals surface area (Å²) in [7, 11) is -3.83. The molecule has 7 nitrogen and oxygen atoms in total. The summed E-state index contributed by atoms with van der Waals surface area (Å²) in [5.74, 6) is -1.32. The smallest absolute Gasteiger partial charge is 0.353 e. The van der Waals surface area contributed by atoms with E-state index in [1.807, 2.05) is 0 Å². The van der Waals surface area contributed by atoms with Gasteiger partial charge < -0.3 is 5.11 Å². The molecule has 2 heterocycles. The first kappa shape index (κ1) is 14.5. The van der Waals surface area contributed by atoms with Crippen LogP contribution in [-0.2, 0) is 10.0 Å². The molecule has 3 N–H and O–H groups in total. The van der Waals surface area contributed by atoms with Crippen LogP contribution < -0.4 is 4.72 Å². The summed E-state index contributed by atoms with van der Waals surface area (Å²) < 4.78 is 27.4. The number of carbonyl (C=O) groups is 1. The van der Waals surface area contributed by atoms with Crippen LogP contribution in [0.15, 0.2) is 24.6 Å². The predicted molar refractivity (Wildman–Crippen MR) is 76.1 cm³/mol. The average molecular weight is 431 g/mol. The summed E-state index contributed by atoms with van der Waals surface area (Å²) in [6.45, 7) is 0. The van der Waals surface area contributed by atoms with Crippen molar-refractivity contribution in [1.82, 2.24) is 10.2 Å². The molecule has 0 amide bonds. The highest BCUT2D eigenvalue weighted by molar-refractivity contribution is 9.12. The van der Waals surface area contributed by atoms with E-state index in [1.165, 1.54) is 17.4 Å². The Morgan fingerprint density at radius 1 is 1.42 bits per heavy atom. The molecule has 0 atom stereocenters. The number of sulfonamides is 1. The molecule has 2 aromatic heterocycles. The van der Waals surface area contributed by atoms with E-state index in [-0.39, 0.29) is 16.4 Å². The summed E-state index contributed by atoms with van der Waals surface area (Å²) in [6.07, 6.45) is 0. The number of aromatic carboxylic acids is 1. The zero-order valence-corrected chi connectivity index (χ0v) is 13.7. The third kappa shape index (κ3) is 3.16. The normalized spacial score (nSPS) is 11.5. The Labute approximate surface area is 128 Å².